The van der Waals surface area contributed by atoms with Gasteiger partial charge in [0.2, 0.25) is 5.91 Å². The van der Waals surface area contributed by atoms with Crippen LogP contribution in [0.3, 0.4) is 0 Å². The van der Waals surface area contributed by atoms with Crippen molar-refractivity contribution in [1.29, 1.82) is 0 Å². The van der Waals surface area contributed by atoms with Crippen LogP contribution in [-0.2, 0) is 9.59 Å². The van der Waals surface area contributed by atoms with E-state index < -0.39 is 12.1 Å². The van der Waals surface area contributed by atoms with Crippen LogP contribution >= 0.6 is 0 Å². The lowest BCUT2D eigenvalue weighted by atomic mass is 9.93. The molecule has 2 amide bonds. The third kappa shape index (κ3) is 3.86. The number of rotatable bonds is 7. The zero-order valence-electron chi connectivity index (χ0n) is 13.9. The molecular weight excluding hydrogens is 294 g/mol. The van der Waals surface area contributed by atoms with Crippen LogP contribution in [0.15, 0.2) is 0 Å². The Labute approximate surface area is 137 Å². The number of amides is 2. The Kier molecular flexibility index (Phi) is 5.21. The second-order valence-corrected chi connectivity index (χ2v) is 7.37. The van der Waals surface area contributed by atoms with Gasteiger partial charge in [-0.3, -0.25) is 9.59 Å². The van der Waals surface area contributed by atoms with Gasteiger partial charge in [0, 0.05) is 6.04 Å². The summed E-state index contributed by atoms with van der Waals surface area (Å²) in [6, 6.07) is -0.458. The van der Waals surface area contributed by atoms with E-state index in [1.807, 2.05) is 6.92 Å². The summed E-state index contributed by atoms with van der Waals surface area (Å²) in [4.78, 5) is 24.7. The van der Waals surface area contributed by atoms with Gasteiger partial charge < -0.3 is 21.1 Å². The molecule has 3 unspecified atom stereocenters. The van der Waals surface area contributed by atoms with Gasteiger partial charge in [-0.05, 0) is 50.5 Å². The minimum atomic E-state index is -1.17. The van der Waals surface area contributed by atoms with E-state index >= 15 is 0 Å². The van der Waals surface area contributed by atoms with Crippen LogP contribution in [0.1, 0.15) is 51.9 Å². The quantitative estimate of drug-likeness (QED) is 0.542. The van der Waals surface area contributed by atoms with Crippen LogP contribution in [0.5, 0.6) is 0 Å². The monoisotopic (exact) mass is 323 g/mol. The van der Waals surface area contributed by atoms with Gasteiger partial charge in [0.1, 0.15) is 0 Å². The maximum atomic E-state index is 12.6. The predicted molar refractivity (Wildman–Crippen MR) is 86.6 cm³/mol. The highest BCUT2D eigenvalue weighted by Gasteiger charge is 2.43. The van der Waals surface area contributed by atoms with Gasteiger partial charge >= 0.3 is 0 Å². The van der Waals surface area contributed by atoms with Crippen LogP contribution in [0.2, 0.25) is 0 Å². The Morgan fingerprint density at radius 2 is 2.04 bits per heavy atom. The molecule has 5 atom stereocenters. The maximum Gasteiger partial charge on any atom is 0.251 e. The number of fused-ring (bicyclic) bond motifs is 1. The highest BCUT2D eigenvalue weighted by atomic mass is 16.3. The van der Waals surface area contributed by atoms with Gasteiger partial charge in [0.25, 0.3) is 5.91 Å². The molecule has 0 bridgehead atoms. The number of hydrogen-bond donors (Lipinski definition) is 4. The SMILES string of the molecule is CCC[C@H](NC(=O)[C@H]1NCC2CCCC21)C(O)C(=O)NC1CC1. The molecule has 1 saturated heterocycles. The Morgan fingerprint density at radius 1 is 1.26 bits per heavy atom. The first-order valence-electron chi connectivity index (χ1n) is 9.12. The Hall–Kier alpha value is -1.14. The van der Waals surface area contributed by atoms with Crippen molar-refractivity contribution in [2.24, 2.45) is 11.8 Å². The number of carbonyl (C=O) groups excluding carboxylic acids is 2. The first-order valence-corrected chi connectivity index (χ1v) is 9.12. The average Bonchev–Trinajstić information content (AvgIpc) is 3.06. The first-order chi connectivity index (χ1) is 11.1. The Balaban J connectivity index is 1.57. The van der Waals surface area contributed by atoms with Crippen molar-refractivity contribution in [2.75, 3.05) is 6.54 Å². The molecule has 1 heterocycles. The van der Waals surface area contributed by atoms with Crippen molar-refractivity contribution in [3.05, 3.63) is 0 Å². The van der Waals surface area contributed by atoms with Crippen LogP contribution < -0.4 is 16.0 Å². The fourth-order valence-corrected chi connectivity index (χ4v) is 4.06. The van der Waals surface area contributed by atoms with E-state index in [0.29, 0.717) is 18.3 Å². The minimum Gasteiger partial charge on any atom is -0.381 e. The fraction of sp³-hybridized carbons (Fsp3) is 0.882. The molecular formula is C17H29N3O3. The van der Waals surface area contributed by atoms with Crippen molar-refractivity contribution in [3.8, 4) is 0 Å². The van der Waals surface area contributed by atoms with Crippen LogP contribution in [0.4, 0.5) is 0 Å². The smallest absolute Gasteiger partial charge is 0.251 e. The topological polar surface area (TPSA) is 90.5 Å². The predicted octanol–water partition coefficient (Wildman–Crippen LogP) is 0.299. The molecule has 0 aromatic carbocycles. The molecule has 6 heteroatoms. The van der Waals surface area contributed by atoms with E-state index in [0.717, 1.165) is 32.2 Å². The van der Waals surface area contributed by atoms with E-state index in [9.17, 15) is 14.7 Å². The molecule has 0 aromatic rings. The molecule has 23 heavy (non-hydrogen) atoms. The third-order valence-corrected chi connectivity index (χ3v) is 5.53. The molecule has 6 nitrogen and oxygen atoms in total. The van der Waals surface area contributed by atoms with Gasteiger partial charge in [-0.2, -0.15) is 0 Å². The largest absolute Gasteiger partial charge is 0.381 e. The van der Waals surface area contributed by atoms with E-state index in [1.165, 1.54) is 12.8 Å². The van der Waals surface area contributed by atoms with Crippen molar-refractivity contribution >= 4 is 11.8 Å². The molecule has 3 aliphatic rings. The van der Waals surface area contributed by atoms with Gasteiger partial charge in [0.05, 0.1) is 12.1 Å². The summed E-state index contributed by atoms with van der Waals surface area (Å²) in [5, 5.41) is 19.4. The fourth-order valence-electron chi connectivity index (χ4n) is 4.06. The van der Waals surface area contributed by atoms with E-state index in [-0.39, 0.29) is 23.9 Å². The first kappa shape index (κ1) is 16.7. The molecule has 3 rings (SSSR count). The molecule has 3 fully saturated rings. The van der Waals surface area contributed by atoms with Gasteiger partial charge in [-0.25, -0.2) is 0 Å². The summed E-state index contributed by atoms with van der Waals surface area (Å²) in [5.41, 5.74) is 0. The molecule has 0 spiro atoms. The van der Waals surface area contributed by atoms with E-state index in [1.54, 1.807) is 0 Å². The zero-order valence-corrected chi connectivity index (χ0v) is 13.9. The lowest BCUT2D eigenvalue weighted by Gasteiger charge is -2.26. The summed E-state index contributed by atoms with van der Waals surface area (Å²) in [5.74, 6) is 0.605. The molecule has 0 radical (unpaired) electrons. The number of aliphatic hydroxyl groups is 1. The lowest BCUT2D eigenvalue weighted by Crippen LogP contribution is -2.55. The van der Waals surface area contributed by atoms with Gasteiger partial charge in [0.15, 0.2) is 6.10 Å². The van der Waals surface area contributed by atoms with Crippen LogP contribution in [-0.4, -0.2) is 47.7 Å². The molecule has 0 aromatic heterocycles. The lowest BCUT2D eigenvalue weighted by molar-refractivity contribution is -0.133. The second-order valence-electron chi connectivity index (χ2n) is 7.37. The van der Waals surface area contributed by atoms with Crippen molar-refractivity contribution in [2.45, 2.75) is 76.1 Å². The Morgan fingerprint density at radius 3 is 2.74 bits per heavy atom. The van der Waals surface area contributed by atoms with E-state index in [2.05, 4.69) is 16.0 Å². The van der Waals surface area contributed by atoms with E-state index in [4.69, 9.17) is 0 Å². The number of aliphatic hydroxyl groups excluding tert-OH is 1. The third-order valence-electron chi connectivity index (χ3n) is 5.53. The van der Waals surface area contributed by atoms with Crippen molar-refractivity contribution < 1.29 is 14.7 Å². The molecule has 4 N–H and O–H groups in total. The molecule has 2 aliphatic carbocycles. The Bertz CT molecular complexity index is 452. The summed E-state index contributed by atoms with van der Waals surface area (Å²) in [7, 11) is 0. The normalized spacial score (nSPS) is 32.2. The highest BCUT2D eigenvalue weighted by molar-refractivity contribution is 5.86. The minimum absolute atomic E-state index is 0.0591. The summed E-state index contributed by atoms with van der Waals surface area (Å²) in [6.45, 7) is 2.90. The number of hydrogen-bond acceptors (Lipinski definition) is 4. The average molecular weight is 323 g/mol. The van der Waals surface area contributed by atoms with Gasteiger partial charge in [-0.15, -0.1) is 0 Å². The maximum absolute atomic E-state index is 12.6. The molecule has 130 valence electrons. The summed E-state index contributed by atoms with van der Waals surface area (Å²) >= 11 is 0. The summed E-state index contributed by atoms with van der Waals surface area (Å²) in [6.07, 6.45) is 5.71. The van der Waals surface area contributed by atoms with Gasteiger partial charge in [-0.1, -0.05) is 19.8 Å². The molecule has 2 saturated carbocycles. The standard InChI is InChI=1S/C17H29N3O3/c1-2-4-13(15(21)17(23)19-11-7-8-11)20-16(22)14-12-6-3-5-10(12)9-18-14/h10-15,18,21H,2-9H2,1H3,(H,19,23)(H,20,22)/t10?,12?,13-,14-,15?/m0/s1. The zero-order chi connectivity index (χ0) is 16.4. The van der Waals surface area contributed by atoms with Crippen molar-refractivity contribution in [3.63, 3.8) is 0 Å². The molecule has 1 aliphatic heterocycles. The number of carbonyl (C=O) groups is 2. The van der Waals surface area contributed by atoms with Crippen LogP contribution in [0, 0.1) is 11.8 Å². The highest BCUT2D eigenvalue weighted by Crippen LogP contribution is 2.37. The van der Waals surface area contributed by atoms with Crippen LogP contribution in [0.25, 0.3) is 0 Å². The second kappa shape index (κ2) is 7.18. The van der Waals surface area contributed by atoms with Crippen molar-refractivity contribution in [1.82, 2.24) is 16.0 Å². The summed E-state index contributed by atoms with van der Waals surface area (Å²) < 4.78 is 0. The number of nitrogens with one attached hydrogen (secondary N) is 3.